The second kappa shape index (κ2) is 12.2. The minimum atomic E-state index is -5.40. The molecule has 0 aliphatic rings. The minimum absolute atomic E-state index is 0.127. The Labute approximate surface area is 225 Å². The van der Waals surface area contributed by atoms with Crippen LogP contribution >= 0.6 is 0 Å². The molecule has 0 spiro atoms. The van der Waals surface area contributed by atoms with Crippen LogP contribution < -0.4 is 21.8 Å². The second-order valence-electron chi connectivity index (χ2n) is 8.30. The van der Waals surface area contributed by atoms with Crippen LogP contribution in [0, 0.1) is 23.3 Å². The fourth-order valence-electron chi connectivity index (χ4n) is 3.47. The molecule has 0 fully saturated rings. The number of aromatic nitrogens is 1. The maximum atomic E-state index is 15.0. The van der Waals surface area contributed by atoms with Crippen molar-refractivity contribution in [2.45, 2.75) is 25.1 Å². The molecular formula is C25H18F7N3O6. The van der Waals surface area contributed by atoms with Crippen LogP contribution in [-0.2, 0) is 14.3 Å². The first-order chi connectivity index (χ1) is 19.1. The molecule has 0 amide bonds. The Morgan fingerprint density at radius 3 is 2.10 bits per heavy atom. The average molecular weight is 589 g/mol. The number of esters is 2. The Kier molecular flexibility index (Phi) is 9.17. The monoisotopic (exact) mass is 589 g/mol. The van der Waals surface area contributed by atoms with Gasteiger partial charge in [-0.05, 0) is 31.0 Å². The number of halogens is 7. The van der Waals surface area contributed by atoms with E-state index in [4.69, 9.17) is 16.2 Å². The molecule has 1 aromatic heterocycles. The summed E-state index contributed by atoms with van der Waals surface area (Å²) in [4.78, 5) is 47.4. The highest BCUT2D eigenvalue weighted by molar-refractivity contribution is 6.11. The van der Waals surface area contributed by atoms with E-state index in [9.17, 15) is 49.9 Å². The number of ether oxygens (including phenoxy) is 2. The number of nitrogen functional groups attached to an aromatic ring is 1. The Bertz CT molecular complexity index is 1550. The lowest BCUT2D eigenvalue weighted by molar-refractivity contribution is -0.202. The van der Waals surface area contributed by atoms with Crippen LogP contribution in [0.25, 0.3) is 5.69 Å². The Morgan fingerprint density at radius 1 is 0.902 bits per heavy atom. The van der Waals surface area contributed by atoms with E-state index >= 15 is 0 Å². The molecular weight excluding hydrogens is 571 g/mol. The third kappa shape index (κ3) is 7.08. The third-order valence-corrected chi connectivity index (χ3v) is 5.42. The van der Waals surface area contributed by atoms with Crippen LogP contribution in [0.5, 0.6) is 5.75 Å². The highest BCUT2D eigenvalue weighted by Gasteiger charge is 2.43. The molecule has 9 nitrogen and oxygen atoms in total. The van der Waals surface area contributed by atoms with Crippen molar-refractivity contribution in [3.8, 4) is 11.4 Å². The first-order valence-corrected chi connectivity index (χ1v) is 11.3. The van der Waals surface area contributed by atoms with Gasteiger partial charge in [-0.3, -0.25) is 14.2 Å². The number of alkyl halides is 3. The summed E-state index contributed by atoms with van der Waals surface area (Å²) in [6.45, 7) is -0.346. The Morgan fingerprint density at radius 2 is 1.51 bits per heavy atom. The fourth-order valence-corrected chi connectivity index (χ4v) is 3.47. The van der Waals surface area contributed by atoms with Gasteiger partial charge in [0.1, 0.15) is 34.9 Å². The van der Waals surface area contributed by atoms with Gasteiger partial charge in [0.2, 0.25) is 0 Å². The summed E-state index contributed by atoms with van der Waals surface area (Å²) >= 11 is 0. The number of ketones is 1. The SMILES string of the molecule is Nc1c(C(=O)c2ccc(F)cc2F)ccc(=O)n1-c1c(F)cc(OCCC[C@H](N)C(=O)OC(=O)C(F)(F)F)cc1F. The summed E-state index contributed by atoms with van der Waals surface area (Å²) in [5, 5.41) is 0. The highest BCUT2D eigenvalue weighted by Crippen LogP contribution is 2.27. The fraction of sp³-hybridized carbons (Fsp3) is 0.200. The molecule has 16 heteroatoms. The number of anilines is 1. The van der Waals surface area contributed by atoms with Crippen molar-refractivity contribution in [2.75, 3.05) is 12.3 Å². The van der Waals surface area contributed by atoms with Gasteiger partial charge in [0.05, 0.1) is 17.7 Å². The van der Waals surface area contributed by atoms with Gasteiger partial charge >= 0.3 is 18.1 Å². The third-order valence-electron chi connectivity index (χ3n) is 5.42. The molecule has 0 radical (unpaired) electrons. The van der Waals surface area contributed by atoms with E-state index in [1.165, 1.54) is 0 Å². The van der Waals surface area contributed by atoms with Crippen LogP contribution in [0.3, 0.4) is 0 Å². The van der Waals surface area contributed by atoms with E-state index in [-0.39, 0.29) is 19.4 Å². The highest BCUT2D eigenvalue weighted by atomic mass is 19.4. The molecule has 4 N–H and O–H groups in total. The number of rotatable bonds is 9. The molecule has 0 aliphatic carbocycles. The van der Waals surface area contributed by atoms with Crippen molar-refractivity contribution in [1.29, 1.82) is 0 Å². The molecule has 3 rings (SSSR count). The number of hydrogen-bond donors (Lipinski definition) is 2. The van der Waals surface area contributed by atoms with E-state index in [0.717, 1.165) is 24.3 Å². The van der Waals surface area contributed by atoms with Crippen molar-refractivity contribution in [1.82, 2.24) is 4.57 Å². The number of hydrogen-bond acceptors (Lipinski definition) is 8. The zero-order valence-corrected chi connectivity index (χ0v) is 20.4. The minimum Gasteiger partial charge on any atom is -0.493 e. The van der Waals surface area contributed by atoms with E-state index in [0.29, 0.717) is 22.8 Å². The first-order valence-electron chi connectivity index (χ1n) is 11.3. The van der Waals surface area contributed by atoms with Gasteiger partial charge in [0, 0.05) is 24.3 Å². The lowest BCUT2D eigenvalue weighted by atomic mass is 10.0. The largest absolute Gasteiger partial charge is 0.493 e. The van der Waals surface area contributed by atoms with Crippen LogP contribution in [0.15, 0.2) is 47.3 Å². The summed E-state index contributed by atoms with van der Waals surface area (Å²) in [5.41, 5.74) is 8.03. The van der Waals surface area contributed by atoms with E-state index in [1.807, 2.05) is 0 Å². The molecule has 41 heavy (non-hydrogen) atoms. The molecule has 218 valence electrons. The number of benzene rings is 2. The maximum Gasteiger partial charge on any atom is 0.491 e. The van der Waals surface area contributed by atoms with E-state index in [1.54, 1.807) is 0 Å². The molecule has 0 saturated heterocycles. The molecule has 0 unspecified atom stereocenters. The van der Waals surface area contributed by atoms with Gasteiger partial charge in [-0.25, -0.2) is 27.2 Å². The number of pyridine rings is 1. The maximum absolute atomic E-state index is 15.0. The summed E-state index contributed by atoms with van der Waals surface area (Å²) in [7, 11) is 0. The topological polar surface area (TPSA) is 144 Å². The van der Waals surface area contributed by atoms with Crippen LogP contribution in [0.2, 0.25) is 0 Å². The van der Waals surface area contributed by atoms with Crippen LogP contribution in [0.1, 0.15) is 28.8 Å². The van der Waals surface area contributed by atoms with Gasteiger partial charge in [0.25, 0.3) is 5.56 Å². The van der Waals surface area contributed by atoms with Gasteiger partial charge in [-0.2, -0.15) is 13.2 Å². The van der Waals surface area contributed by atoms with Crippen molar-refractivity contribution >= 4 is 23.5 Å². The summed E-state index contributed by atoms with van der Waals surface area (Å²) in [5.74, 6) is -11.6. The average Bonchev–Trinajstić information content (AvgIpc) is 2.87. The second-order valence-corrected chi connectivity index (χ2v) is 8.30. The van der Waals surface area contributed by atoms with Gasteiger partial charge in [0.15, 0.2) is 17.4 Å². The van der Waals surface area contributed by atoms with Crippen molar-refractivity contribution in [3.05, 3.63) is 87.2 Å². The predicted molar refractivity (Wildman–Crippen MR) is 126 cm³/mol. The zero-order valence-electron chi connectivity index (χ0n) is 20.4. The van der Waals surface area contributed by atoms with Gasteiger partial charge in [-0.15, -0.1) is 0 Å². The van der Waals surface area contributed by atoms with Gasteiger partial charge < -0.3 is 20.9 Å². The van der Waals surface area contributed by atoms with E-state index < -0.39 is 87.1 Å². The number of nitrogens with two attached hydrogens (primary N) is 2. The van der Waals surface area contributed by atoms with Crippen LogP contribution in [0.4, 0.5) is 36.6 Å². The van der Waals surface area contributed by atoms with Crippen molar-refractivity contribution in [3.63, 3.8) is 0 Å². The van der Waals surface area contributed by atoms with Gasteiger partial charge in [-0.1, -0.05) is 0 Å². The lowest BCUT2D eigenvalue weighted by Gasteiger charge is -2.16. The smallest absolute Gasteiger partial charge is 0.491 e. The van der Waals surface area contributed by atoms with E-state index in [2.05, 4.69) is 4.74 Å². The zero-order chi connectivity index (χ0) is 30.6. The lowest BCUT2D eigenvalue weighted by Crippen LogP contribution is -2.37. The number of carbonyl (C=O) groups excluding carboxylic acids is 3. The first kappa shape index (κ1) is 30.8. The summed E-state index contributed by atoms with van der Waals surface area (Å²) in [6, 6.07) is 3.39. The standard InChI is InChI=1S/C25H18F7N3O6/c26-11-3-4-13(15(27)8-11)21(37)14-5-6-19(36)35(22(14)34)20-16(28)9-12(10-17(20)29)40-7-1-2-18(33)23(38)41-24(39)25(30,31)32/h3-6,8-10,18H,1-2,7,33-34H2/t18-/m0/s1. The van der Waals surface area contributed by atoms with Crippen molar-refractivity contribution in [2.24, 2.45) is 5.73 Å². The molecule has 0 aliphatic heterocycles. The summed E-state index contributed by atoms with van der Waals surface area (Å²) in [6.07, 6.45) is -5.85. The number of nitrogens with zero attached hydrogens (tertiary/aromatic N) is 1. The quantitative estimate of drug-likeness (QED) is 0.127. The molecule has 1 atom stereocenters. The molecule has 3 aromatic rings. The molecule has 1 heterocycles. The predicted octanol–water partition coefficient (Wildman–Crippen LogP) is 3.33. The molecule has 0 saturated carbocycles. The van der Waals surface area contributed by atoms with Crippen molar-refractivity contribution < 1.29 is 54.6 Å². The van der Waals surface area contributed by atoms with Crippen LogP contribution in [-0.4, -0.2) is 41.1 Å². The molecule has 0 bridgehead atoms. The number of carbonyl (C=O) groups is 3. The Balaban J connectivity index is 1.75. The normalized spacial score (nSPS) is 12.1. The summed E-state index contributed by atoms with van der Waals surface area (Å²) < 4.78 is 103. The molecule has 2 aromatic carbocycles. The Hall–Kier alpha value is -4.73.